The number of hydrogen-bond donors (Lipinski definition) is 1. The number of piperidine rings is 1. The molecule has 26 heavy (non-hydrogen) atoms. The highest BCUT2D eigenvalue weighted by atomic mass is 19.1. The van der Waals surface area contributed by atoms with Crippen molar-refractivity contribution >= 4 is 11.8 Å². The average Bonchev–Trinajstić information content (AvgIpc) is 3.16. The molecule has 2 atom stereocenters. The third-order valence-electron chi connectivity index (χ3n) is 5.45. The van der Waals surface area contributed by atoms with Crippen molar-refractivity contribution in [3.05, 3.63) is 53.6 Å². The lowest BCUT2D eigenvalue weighted by Gasteiger charge is -2.39. The minimum absolute atomic E-state index is 0.0146. The van der Waals surface area contributed by atoms with Crippen LogP contribution < -0.4 is 5.32 Å². The molecule has 2 fully saturated rings. The van der Waals surface area contributed by atoms with Crippen LogP contribution in [0.15, 0.2) is 36.5 Å². The number of aromatic nitrogens is 2. The zero-order valence-electron chi connectivity index (χ0n) is 14.6. The van der Waals surface area contributed by atoms with Gasteiger partial charge in [-0.05, 0) is 56.0 Å². The van der Waals surface area contributed by atoms with E-state index < -0.39 is 0 Å². The van der Waals surface area contributed by atoms with Gasteiger partial charge in [0.15, 0.2) is 0 Å². The number of carbonyl (C=O) groups is 2. The van der Waals surface area contributed by atoms with Crippen molar-refractivity contribution in [3.8, 4) is 0 Å². The molecule has 2 aromatic rings. The van der Waals surface area contributed by atoms with Gasteiger partial charge in [-0.25, -0.2) is 4.39 Å². The summed E-state index contributed by atoms with van der Waals surface area (Å²) in [7, 11) is 1.77. The summed E-state index contributed by atoms with van der Waals surface area (Å²) in [6, 6.07) is 7.58. The molecule has 136 valence electrons. The number of carbonyl (C=O) groups excluding carboxylic acids is 2. The number of fused-ring (bicyclic) bond motifs is 2. The van der Waals surface area contributed by atoms with Gasteiger partial charge in [0.05, 0.1) is 0 Å². The van der Waals surface area contributed by atoms with Gasteiger partial charge < -0.3 is 10.2 Å². The summed E-state index contributed by atoms with van der Waals surface area (Å²) in [5, 5.41) is 7.13. The number of amides is 2. The molecule has 2 saturated heterocycles. The van der Waals surface area contributed by atoms with Crippen molar-refractivity contribution in [2.24, 2.45) is 7.05 Å². The molecule has 0 aliphatic carbocycles. The van der Waals surface area contributed by atoms with E-state index in [1.807, 2.05) is 4.90 Å². The molecule has 4 rings (SSSR count). The summed E-state index contributed by atoms with van der Waals surface area (Å²) in [4.78, 5) is 27.2. The number of nitrogens with zero attached hydrogens (tertiary/aromatic N) is 3. The zero-order valence-corrected chi connectivity index (χ0v) is 14.6. The van der Waals surface area contributed by atoms with Crippen LogP contribution >= 0.6 is 0 Å². The number of nitrogens with one attached hydrogen (secondary N) is 1. The van der Waals surface area contributed by atoms with Crippen LogP contribution in [0.1, 0.15) is 46.5 Å². The predicted octanol–water partition coefficient (Wildman–Crippen LogP) is 2.12. The van der Waals surface area contributed by atoms with E-state index in [4.69, 9.17) is 0 Å². The van der Waals surface area contributed by atoms with Crippen molar-refractivity contribution in [2.75, 3.05) is 0 Å². The second-order valence-electron chi connectivity index (χ2n) is 7.09. The molecule has 1 aromatic heterocycles. The fraction of sp³-hybridized carbons (Fsp3) is 0.421. The molecule has 6 nitrogen and oxygen atoms in total. The second-order valence-corrected chi connectivity index (χ2v) is 7.09. The van der Waals surface area contributed by atoms with Crippen molar-refractivity contribution < 1.29 is 14.0 Å². The smallest absolute Gasteiger partial charge is 0.272 e. The molecule has 0 saturated carbocycles. The Bertz CT molecular complexity index is 818. The third-order valence-corrected chi connectivity index (χ3v) is 5.45. The summed E-state index contributed by atoms with van der Waals surface area (Å²) in [5.41, 5.74) is 1.04. The molecule has 2 unspecified atom stereocenters. The van der Waals surface area contributed by atoms with Crippen molar-refractivity contribution in [1.29, 1.82) is 0 Å². The highest BCUT2D eigenvalue weighted by Gasteiger charge is 2.44. The Kier molecular flexibility index (Phi) is 4.22. The van der Waals surface area contributed by atoms with Crippen LogP contribution in [0.2, 0.25) is 0 Å². The molecule has 2 bridgehead atoms. The predicted molar refractivity (Wildman–Crippen MR) is 93.1 cm³/mol. The Morgan fingerprint density at radius 1 is 1.12 bits per heavy atom. The highest BCUT2D eigenvalue weighted by molar-refractivity contribution is 5.95. The molecule has 2 aliphatic heterocycles. The zero-order chi connectivity index (χ0) is 18.3. The van der Waals surface area contributed by atoms with E-state index >= 15 is 0 Å². The lowest BCUT2D eigenvalue weighted by molar-refractivity contribution is 0.0539. The van der Waals surface area contributed by atoms with Gasteiger partial charge in [0.1, 0.15) is 11.5 Å². The first kappa shape index (κ1) is 16.8. The van der Waals surface area contributed by atoms with Crippen molar-refractivity contribution in [1.82, 2.24) is 20.0 Å². The minimum Gasteiger partial charge on any atom is -0.349 e. The summed E-state index contributed by atoms with van der Waals surface area (Å²) in [6.07, 6.45) is 5.03. The number of hydrogen-bond acceptors (Lipinski definition) is 3. The van der Waals surface area contributed by atoms with Crippen LogP contribution in [0.3, 0.4) is 0 Å². The van der Waals surface area contributed by atoms with Crippen LogP contribution in [0.25, 0.3) is 0 Å². The first-order valence-corrected chi connectivity index (χ1v) is 8.90. The van der Waals surface area contributed by atoms with Crippen molar-refractivity contribution in [2.45, 2.75) is 43.8 Å². The number of rotatable bonds is 3. The van der Waals surface area contributed by atoms with Crippen LogP contribution in [-0.4, -0.2) is 44.6 Å². The third kappa shape index (κ3) is 2.98. The van der Waals surface area contributed by atoms with Gasteiger partial charge in [-0.2, -0.15) is 5.10 Å². The largest absolute Gasteiger partial charge is 0.349 e. The van der Waals surface area contributed by atoms with Crippen molar-refractivity contribution in [3.63, 3.8) is 0 Å². The standard InChI is InChI=1S/C19H21FN4O2/c1-23-17(8-9-21-23)19(26)24-15-6-7-16(24)11-14(10-15)22-18(25)12-2-4-13(20)5-3-12/h2-5,8-9,14-16H,6-7,10-11H2,1H3,(H,22,25). The molecule has 1 N–H and O–H groups in total. The molecule has 1 aromatic carbocycles. The van der Waals surface area contributed by atoms with Gasteiger partial charge in [-0.3, -0.25) is 14.3 Å². The second kappa shape index (κ2) is 6.55. The van der Waals surface area contributed by atoms with Gasteiger partial charge in [0.2, 0.25) is 0 Å². The molecule has 7 heteroatoms. The number of halogens is 1. The lowest BCUT2D eigenvalue weighted by atomic mass is 9.96. The van der Waals surface area contributed by atoms with E-state index in [0.29, 0.717) is 11.3 Å². The summed E-state index contributed by atoms with van der Waals surface area (Å²) < 4.78 is 14.6. The SMILES string of the molecule is Cn1nccc1C(=O)N1C2CCC1CC(NC(=O)c1ccc(F)cc1)C2. The molecule has 2 aliphatic rings. The maximum atomic E-state index is 13.0. The van der Waals surface area contributed by atoms with E-state index in [2.05, 4.69) is 10.4 Å². The van der Waals surface area contributed by atoms with Crippen LogP contribution in [0.5, 0.6) is 0 Å². The van der Waals surface area contributed by atoms with Crippen LogP contribution in [-0.2, 0) is 7.05 Å². The maximum Gasteiger partial charge on any atom is 0.272 e. The highest BCUT2D eigenvalue weighted by Crippen LogP contribution is 2.36. The monoisotopic (exact) mass is 356 g/mol. The first-order chi connectivity index (χ1) is 12.5. The first-order valence-electron chi connectivity index (χ1n) is 8.90. The summed E-state index contributed by atoms with van der Waals surface area (Å²) in [6.45, 7) is 0. The Balaban J connectivity index is 1.43. The van der Waals surface area contributed by atoms with E-state index in [1.165, 1.54) is 24.3 Å². The maximum absolute atomic E-state index is 13.0. The van der Waals surface area contributed by atoms with Gasteiger partial charge in [-0.1, -0.05) is 0 Å². The number of benzene rings is 1. The fourth-order valence-corrected chi connectivity index (χ4v) is 4.21. The molecular formula is C19H21FN4O2. The van der Waals surface area contributed by atoms with E-state index in [0.717, 1.165) is 25.7 Å². The molecule has 3 heterocycles. The Morgan fingerprint density at radius 2 is 1.77 bits per heavy atom. The Labute approximate surface area is 151 Å². The number of aryl methyl sites for hydroxylation is 1. The topological polar surface area (TPSA) is 67.2 Å². The molecule has 0 spiro atoms. The van der Waals surface area contributed by atoms with Gasteiger partial charge >= 0.3 is 0 Å². The molecular weight excluding hydrogens is 335 g/mol. The van der Waals surface area contributed by atoms with Gasteiger partial charge in [0, 0.05) is 36.9 Å². The lowest BCUT2D eigenvalue weighted by Crippen LogP contribution is -2.52. The van der Waals surface area contributed by atoms with E-state index in [-0.39, 0.29) is 35.8 Å². The normalized spacial score (nSPS) is 24.5. The molecule has 0 radical (unpaired) electrons. The molecule has 2 amide bonds. The summed E-state index contributed by atoms with van der Waals surface area (Å²) >= 11 is 0. The van der Waals surface area contributed by atoms with E-state index in [9.17, 15) is 14.0 Å². The van der Waals surface area contributed by atoms with E-state index in [1.54, 1.807) is 24.0 Å². The Hall–Kier alpha value is -2.70. The van der Waals surface area contributed by atoms with Crippen LogP contribution in [0.4, 0.5) is 4.39 Å². The van der Waals surface area contributed by atoms with Gasteiger partial charge in [0.25, 0.3) is 11.8 Å². The summed E-state index contributed by atoms with van der Waals surface area (Å²) in [5.74, 6) is -0.539. The Morgan fingerprint density at radius 3 is 2.35 bits per heavy atom. The fourth-order valence-electron chi connectivity index (χ4n) is 4.21. The van der Waals surface area contributed by atoms with Crippen LogP contribution in [0, 0.1) is 5.82 Å². The quantitative estimate of drug-likeness (QED) is 0.916. The minimum atomic E-state index is -0.360. The average molecular weight is 356 g/mol. The van der Waals surface area contributed by atoms with Gasteiger partial charge in [-0.15, -0.1) is 0 Å².